The minimum Gasteiger partial charge on any atom is -0.423 e. The smallest absolute Gasteiger partial charge is 0.315 e. The van der Waals surface area contributed by atoms with Gasteiger partial charge in [-0.15, -0.1) is 0 Å². The predicted molar refractivity (Wildman–Crippen MR) is 97.3 cm³/mol. The molecule has 2 atom stereocenters. The van der Waals surface area contributed by atoms with Gasteiger partial charge in [-0.2, -0.15) is 0 Å². The van der Waals surface area contributed by atoms with Gasteiger partial charge in [0.1, 0.15) is 10.0 Å². The van der Waals surface area contributed by atoms with Crippen LogP contribution in [0.4, 0.5) is 0 Å². The average molecular weight is 417 g/mol. The molecule has 7 heteroatoms. The zero-order valence-corrected chi connectivity index (χ0v) is 16.7. The topological polar surface area (TPSA) is 26.3 Å². The second-order valence-electron chi connectivity index (χ2n) is 6.39. The number of carbonyl (C=O) groups excluding carboxylic acids is 1. The van der Waals surface area contributed by atoms with Gasteiger partial charge >= 0.3 is 5.97 Å². The number of esters is 1. The summed E-state index contributed by atoms with van der Waals surface area (Å²) in [4.78, 5) is 12.5. The van der Waals surface area contributed by atoms with Crippen molar-refractivity contribution in [2.24, 2.45) is 17.3 Å². The number of carbonyl (C=O) groups is 1. The average Bonchev–Trinajstić information content (AvgIpc) is 2.99. The van der Waals surface area contributed by atoms with E-state index in [0.717, 1.165) is 5.57 Å². The summed E-state index contributed by atoms with van der Waals surface area (Å²) in [5.41, 5.74) is 0.958. The minimum atomic E-state index is -0.421. The highest BCUT2D eigenvalue weighted by Gasteiger charge is 2.61. The second kappa shape index (κ2) is 6.65. The van der Waals surface area contributed by atoms with Gasteiger partial charge < -0.3 is 4.74 Å². The lowest BCUT2D eigenvalue weighted by Crippen LogP contribution is -2.14. The van der Waals surface area contributed by atoms with E-state index in [0.29, 0.717) is 0 Å². The SMILES string of the molecule is CC(C)=C[C@@H]1[C@@H](C(=O)Oc2c(Cl)c(Cl)c(Cl)c(Cl)c2Cl)C1(C)C. The first kappa shape index (κ1) is 19.2. The highest BCUT2D eigenvalue weighted by molar-refractivity contribution is 6.55. The summed E-state index contributed by atoms with van der Waals surface area (Å²) in [6.07, 6.45) is 2.07. The summed E-state index contributed by atoms with van der Waals surface area (Å²) >= 11 is 30.1. The van der Waals surface area contributed by atoms with Crippen molar-refractivity contribution >= 4 is 64.0 Å². The van der Waals surface area contributed by atoms with Crippen molar-refractivity contribution < 1.29 is 9.53 Å². The molecule has 0 spiro atoms. The maximum Gasteiger partial charge on any atom is 0.315 e. The van der Waals surface area contributed by atoms with Crippen LogP contribution in [0.3, 0.4) is 0 Å². The van der Waals surface area contributed by atoms with Gasteiger partial charge in [0.05, 0.1) is 21.0 Å². The molecular formula is C16H15Cl5O2. The molecule has 0 bridgehead atoms. The molecule has 1 aromatic carbocycles. The quantitative estimate of drug-likeness (QED) is 0.173. The molecule has 23 heavy (non-hydrogen) atoms. The first-order valence-electron chi connectivity index (χ1n) is 6.88. The largest absolute Gasteiger partial charge is 0.423 e. The zero-order chi connectivity index (χ0) is 17.7. The lowest BCUT2D eigenvalue weighted by Gasteiger charge is -2.12. The van der Waals surface area contributed by atoms with Crippen LogP contribution in [0.25, 0.3) is 0 Å². The maximum absolute atomic E-state index is 12.5. The Labute approximate surface area is 160 Å². The van der Waals surface area contributed by atoms with E-state index in [-0.39, 0.29) is 48.1 Å². The summed E-state index contributed by atoms with van der Waals surface area (Å²) in [5, 5.41) is -0.0338. The van der Waals surface area contributed by atoms with Crippen LogP contribution in [0.15, 0.2) is 11.6 Å². The first-order valence-corrected chi connectivity index (χ1v) is 8.77. The molecule has 126 valence electrons. The van der Waals surface area contributed by atoms with Crippen molar-refractivity contribution in [3.05, 3.63) is 36.8 Å². The summed E-state index contributed by atoms with van der Waals surface area (Å²) in [5.74, 6) is -0.652. The third-order valence-electron chi connectivity index (χ3n) is 4.05. The van der Waals surface area contributed by atoms with Crippen LogP contribution in [0.2, 0.25) is 25.1 Å². The summed E-state index contributed by atoms with van der Waals surface area (Å²) in [6.45, 7) is 7.99. The first-order chi connectivity index (χ1) is 10.5. The van der Waals surface area contributed by atoms with Crippen molar-refractivity contribution in [2.75, 3.05) is 0 Å². The molecule has 0 aliphatic heterocycles. The van der Waals surface area contributed by atoms with E-state index in [1.165, 1.54) is 0 Å². The van der Waals surface area contributed by atoms with Crippen LogP contribution in [-0.4, -0.2) is 5.97 Å². The van der Waals surface area contributed by atoms with Crippen molar-refractivity contribution in [1.29, 1.82) is 0 Å². The minimum absolute atomic E-state index is 0.00133. The van der Waals surface area contributed by atoms with Crippen molar-refractivity contribution in [1.82, 2.24) is 0 Å². The van der Waals surface area contributed by atoms with Gasteiger partial charge in [0.15, 0.2) is 5.75 Å². The lowest BCUT2D eigenvalue weighted by molar-refractivity contribution is -0.136. The number of hydrogen-bond donors (Lipinski definition) is 0. The van der Waals surface area contributed by atoms with E-state index in [4.69, 9.17) is 62.7 Å². The molecule has 1 aliphatic rings. The lowest BCUT2D eigenvalue weighted by atomic mass is 10.1. The Morgan fingerprint density at radius 1 is 0.957 bits per heavy atom. The number of ether oxygens (including phenoxy) is 1. The third-order valence-corrected chi connectivity index (χ3v) is 6.29. The van der Waals surface area contributed by atoms with Crippen LogP contribution in [0, 0.1) is 17.3 Å². The Hall–Kier alpha value is -0.120. The molecule has 1 aliphatic carbocycles. The molecule has 0 amide bonds. The van der Waals surface area contributed by atoms with Gasteiger partial charge in [0.2, 0.25) is 0 Å². The number of allylic oxidation sites excluding steroid dienone is 2. The van der Waals surface area contributed by atoms with Crippen molar-refractivity contribution in [3.63, 3.8) is 0 Å². The Kier molecular flexibility index (Phi) is 5.55. The summed E-state index contributed by atoms with van der Waals surface area (Å²) < 4.78 is 5.40. The third kappa shape index (κ3) is 3.48. The standard InChI is InChI=1S/C16H15Cl5O2/c1-6(2)5-7-8(16(7,3)4)15(22)23-14-12(20)10(18)9(17)11(19)13(14)21/h5,7-8H,1-4H3/t7-,8+/m1/s1. The van der Waals surface area contributed by atoms with Gasteiger partial charge in [-0.1, -0.05) is 83.5 Å². The second-order valence-corrected chi connectivity index (χ2v) is 8.28. The maximum atomic E-state index is 12.5. The van der Waals surface area contributed by atoms with Gasteiger partial charge in [-0.05, 0) is 25.2 Å². The molecule has 2 rings (SSSR count). The highest BCUT2D eigenvalue weighted by Crippen LogP contribution is 2.60. The number of hydrogen-bond acceptors (Lipinski definition) is 2. The van der Waals surface area contributed by atoms with Crippen LogP contribution in [0.1, 0.15) is 27.7 Å². The van der Waals surface area contributed by atoms with Crippen LogP contribution >= 0.6 is 58.0 Å². The number of rotatable bonds is 3. The fourth-order valence-corrected chi connectivity index (χ4v) is 3.83. The molecule has 0 heterocycles. The molecule has 0 unspecified atom stereocenters. The Bertz CT molecular complexity index is 676. The Balaban J connectivity index is 2.31. The van der Waals surface area contributed by atoms with E-state index >= 15 is 0 Å². The molecule has 0 aromatic heterocycles. The normalized spacial score (nSPS) is 21.8. The molecule has 0 saturated heterocycles. The molecule has 1 saturated carbocycles. The van der Waals surface area contributed by atoms with E-state index in [2.05, 4.69) is 6.08 Å². The zero-order valence-electron chi connectivity index (χ0n) is 12.9. The van der Waals surface area contributed by atoms with Crippen LogP contribution < -0.4 is 4.74 Å². The van der Waals surface area contributed by atoms with Crippen LogP contribution in [0.5, 0.6) is 5.75 Å². The molecular weight excluding hydrogens is 401 g/mol. The Morgan fingerprint density at radius 2 is 1.39 bits per heavy atom. The highest BCUT2D eigenvalue weighted by atomic mass is 35.5. The van der Waals surface area contributed by atoms with Crippen molar-refractivity contribution in [2.45, 2.75) is 27.7 Å². The van der Waals surface area contributed by atoms with Crippen molar-refractivity contribution in [3.8, 4) is 5.75 Å². The fourth-order valence-electron chi connectivity index (χ4n) is 2.64. The number of benzene rings is 1. The fraction of sp³-hybridized carbons (Fsp3) is 0.438. The van der Waals surface area contributed by atoms with Gasteiger partial charge in [0.25, 0.3) is 0 Å². The van der Waals surface area contributed by atoms with E-state index < -0.39 is 5.97 Å². The monoisotopic (exact) mass is 414 g/mol. The molecule has 0 radical (unpaired) electrons. The summed E-state index contributed by atoms with van der Waals surface area (Å²) in [7, 11) is 0. The van der Waals surface area contributed by atoms with E-state index in [1.54, 1.807) is 0 Å². The molecule has 1 aromatic rings. The number of halogens is 5. The summed E-state index contributed by atoms with van der Waals surface area (Å²) in [6, 6.07) is 0. The molecule has 0 N–H and O–H groups in total. The molecule has 2 nitrogen and oxygen atoms in total. The molecule has 1 fully saturated rings. The van der Waals surface area contributed by atoms with Gasteiger partial charge in [0, 0.05) is 0 Å². The van der Waals surface area contributed by atoms with E-state index in [9.17, 15) is 4.79 Å². The van der Waals surface area contributed by atoms with Gasteiger partial charge in [-0.25, -0.2) is 0 Å². The Morgan fingerprint density at radius 3 is 1.83 bits per heavy atom. The predicted octanol–water partition coefficient (Wildman–Crippen LogP) is 7.10. The van der Waals surface area contributed by atoms with E-state index in [1.807, 2.05) is 27.7 Å². The van der Waals surface area contributed by atoms with Gasteiger partial charge in [-0.3, -0.25) is 4.79 Å². The van der Waals surface area contributed by atoms with Crippen LogP contribution in [-0.2, 0) is 4.79 Å².